The minimum absolute atomic E-state index is 0.149. The fourth-order valence-corrected chi connectivity index (χ4v) is 1.79. The van der Waals surface area contributed by atoms with E-state index in [2.05, 4.69) is 6.92 Å². The van der Waals surface area contributed by atoms with Gasteiger partial charge in [0.15, 0.2) is 0 Å². The topological polar surface area (TPSA) is 60.9 Å². The lowest BCUT2D eigenvalue weighted by Gasteiger charge is -2.25. The highest BCUT2D eigenvalue weighted by Gasteiger charge is 2.27. The van der Waals surface area contributed by atoms with Gasteiger partial charge in [-0.15, -0.1) is 0 Å². The van der Waals surface area contributed by atoms with E-state index in [0.29, 0.717) is 12.5 Å². The number of carbonyl (C=O) groups excluding carboxylic acids is 1. The first kappa shape index (κ1) is 11.8. The van der Waals surface area contributed by atoms with Crippen molar-refractivity contribution in [2.24, 2.45) is 5.92 Å². The summed E-state index contributed by atoms with van der Waals surface area (Å²) in [4.78, 5) is 25.5. The largest absolute Gasteiger partial charge is 0.480 e. The van der Waals surface area contributed by atoms with Crippen LogP contribution in [-0.4, -0.2) is 53.1 Å². The van der Waals surface area contributed by atoms with E-state index >= 15 is 0 Å². The van der Waals surface area contributed by atoms with Crippen molar-refractivity contribution in [1.29, 1.82) is 0 Å². The number of carboxylic acid groups (broad SMARTS) is 1. The number of amides is 2. The lowest BCUT2D eigenvalue weighted by molar-refractivity contribution is -0.137. The van der Waals surface area contributed by atoms with Crippen LogP contribution in [0.15, 0.2) is 0 Å². The van der Waals surface area contributed by atoms with Gasteiger partial charge in [-0.3, -0.25) is 4.79 Å². The fraction of sp³-hybridized carbons (Fsp3) is 0.800. The molecule has 15 heavy (non-hydrogen) atoms. The molecule has 0 spiro atoms. The van der Waals surface area contributed by atoms with E-state index in [1.165, 1.54) is 4.90 Å². The Kier molecular flexibility index (Phi) is 3.94. The molecule has 0 radical (unpaired) electrons. The van der Waals surface area contributed by atoms with Crippen LogP contribution in [0.25, 0.3) is 0 Å². The molecule has 1 fully saturated rings. The first-order valence-corrected chi connectivity index (χ1v) is 5.30. The minimum atomic E-state index is -0.961. The predicted molar refractivity (Wildman–Crippen MR) is 55.6 cm³/mol. The van der Waals surface area contributed by atoms with Crippen molar-refractivity contribution < 1.29 is 14.7 Å². The Bertz CT molecular complexity index is 255. The van der Waals surface area contributed by atoms with Gasteiger partial charge in [0.05, 0.1) is 0 Å². The summed E-state index contributed by atoms with van der Waals surface area (Å²) >= 11 is 0. The van der Waals surface area contributed by atoms with Crippen LogP contribution in [0.4, 0.5) is 4.79 Å². The second-order valence-corrected chi connectivity index (χ2v) is 4.03. The maximum Gasteiger partial charge on any atom is 0.323 e. The molecule has 0 aromatic rings. The molecule has 86 valence electrons. The number of likely N-dealkylation sites (tertiary alicyclic amines) is 1. The second-order valence-electron chi connectivity index (χ2n) is 4.03. The Morgan fingerprint density at radius 3 is 2.60 bits per heavy atom. The molecule has 1 aliphatic rings. The number of hydrogen-bond acceptors (Lipinski definition) is 2. The van der Waals surface area contributed by atoms with E-state index in [-0.39, 0.29) is 12.6 Å². The maximum atomic E-state index is 11.8. The Labute approximate surface area is 89.7 Å². The third kappa shape index (κ3) is 3.11. The number of urea groups is 1. The van der Waals surface area contributed by atoms with Crippen molar-refractivity contribution in [3.05, 3.63) is 0 Å². The van der Waals surface area contributed by atoms with Crippen LogP contribution in [0.2, 0.25) is 0 Å². The number of rotatable bonds is 3. The molecule has 1 aliphatic heterocycles. The molecule has 5 nitrogen and oxygen atoms in total. The molecule has 0 saturated carbocycles. The van der Waals surface area contributed by atoms with Gasteiger partial charge in [-0.05, 0) is 19.3 Å². The molecule has 0 bridgehead atoms. The van der Waals surface area contributed by atoms with Gasteiger partial charge in [0, 0.05) is 19.6 Å². The van der Waals surface area contributed by atoms with Crippen LogP contribution in [0.5, 0.6) is 0 Å². The zero-order chi connectivity index (χ0) is 11.4. The monoisotopic (exact) mass is 214 g/mol. The lowest BCUT2D eigenvalue weighted by atomic mass is 10.2. The molecule has 2 amide bonds. The molecule has 1 saturated heterocycles. The van der Waals surface area contributed by atoms with Crippen LogP contribution in [-0.2, 0) is 4.79 Å². The molecular weight excluding hydrogens is 196 g/mol. The third-order valence-corrected chi connectivity index (χ3v) is 2.67. The third-order valence-electron chi connectivity index (χ3n) is 2.67. The van der Waals surface area contributed by atoms with Crippen molar-refractivity contribution in [3.8, 4) is 0 Å². The standard InChI is InChI=1S/C10H18N2O3/c1-3-11(7-9(13)14)10(15)12-5-4-8(2)6-12/h8H,3-7H2,1-2H3,(H,13,14). The Balaban J connectivity index is 2.53. The number of hydrogen-bond donors (Lipinski definition) is 1. The molecule has 0 aliphatic carbocycles. The molecule has 1 atom stereocenters. The SMILES string of the molecule is CCN(CC(=O)O)C(=O)N1CCC(C)C1. The summed E-state index contributed by atoms with van der Waals surface area (Å²) < 4.78 is 0. The van der Waals surface area contributed by atoms with Crippen LogP contribution >= 0.6 is 0 Å². The highest BCUT2D eigenvalue weighted by atomic mass is 16.4. The summed E-state index contributed by atoms with van der Waals surface area (Å²) in [6, 6.07) is -0.149. The molecular formula is C10H18N2O3. The quantitative estimate of drug-likeness (QED) is 0.757. The zero-order valence-electron chi connectivity index (χ0n) is 9.27. The Hall–Kier alpha value is -1.26. The van der Waals surface area contributed by atoms with Gasteiger partial charge in [-0.1, -0.05) is 6.92 Å². The van der Waals surface area contributed by atoms with Gasteiger partial charge in [-0.2, -0.15) is 0 Å². The number of likely N-dealkylation sites (N-methyl/N-ethyl adjacent to an activating group) is 1. The van der Waals surface area contributed by atoms with Crippen LogP contribution in [0.3, 0.4) is 0 Å². The summed E-state index contributed by atoms with van der Waals surface area (Å²) in [5.41, 5.74) is 0. The van der Waals surface area contributed by atoms with Gasteiger partial charge in [0.1, 0.15) is 6.54 Å². The summed E-state index contributed by atoms with van der Waals surface area (Å²) in [5.74, 6) is -0.435. The van der Waals surface area contributed by atoms with Crippen molar-refractivity contribution in [2.75, 3.05) is 26.2 Å². The summed E-state index contributed by atoms with van der Waals surface area (Å²) in [5, 5.41) is 8.65. The van der Waals surface area contributed by atoms with Crippen molar-refractivity contribution in [3.63, 3.8) is 0 Å². The first-order chi connectivity index (χ1) is 7.04. The molecule has 0 aromatic carbocycles. The van der Waals surface area contributed by atoms with E-state index in [1.807, 2.05) is 0 Å². The minimum Gasteiger partial charge on any atom is -0.480 e. The molecule has 0 aromatic heterocycles. The highest BCUT2D eigenvalue weighted by Crippen LogP contribution is 2.16. The molecule has 1 rings (SSSR count). The van der Waals surface area contributed by atoms with E-state index in [0.717, 1.165) is 19.5 Å². The lowest BCUT2D eigenvalue weighted by Crippen LogP contribution is -2.44. The molecule has 1 heterocycles. The average Bonchev–Trinajstić information content (AvgIpc) is 2.60. The predicted octanol–water partition coefficient (Wildman–Crippen LogP) is 0.855. The van der Waals surface area contributed by atoms with Crippen LogP contribution < -0.4 is 0 Å². The highest BCUT2D eigenvalue weighted by molar-refractivity contribution is 5.80. The van der Waals surface area contributed by atoms with E-state index in [9.17, 15) is 9.59 Å². The van der Waals surface area contributed by atoms with Gasteiger partial charge >= 0.3 is 12.0 Å². The summed E-state index contributed by atoms with van der Waals surface area (Å²) in [6.07, 6.45) is 1.01. The number of aliphatic carboxylic acids is 1. The van der Waals surface area contributed by atoms with E-state index in [1.54, 1.807) is 11.8 Å². The van der Waals surface area contributed by atoms with Gasteiger partial charge in [0.2, 0.25) is 0 Å². The van der Waals surface area contributed by atoms with Gasteiger partial charge in [-0.25, -0.2) is 4.79 Å². The molecule has 1 unspecified atom stereocenters. The van der Waals surface area contributed by atoms with Crippen LogP contribution in [0, 0.1) is 5.92 Å². The van der Waals surface area contributed by atoms with Crippen LogP contribution in [0.1, 0.15) is 20.3 Å². The first-order valence-electron chi connectivity index (χ1n) is 5.30. The van der Waals surface area contributed by atoms with E-state index < -0.39 is 5.97 Å². The average molecular weight is 214 g/mol. The summed E-state index contributed by atoms with van der Waals surface area (Å²) in [6.45, 7) is 5.61. The normalized spacial score (nSPS) is 20.4. The fourth-order valence-electron chi connectivity index (χ4n) is 1.79. The molecule has 1 N–H and O–H groups in total. The molecule has 5 heteroatoms. The number of carbonyl (C=O) groups is 2. The zero-order valence-corrected chi connectivity index (χ0v) is 9.27. The van der Waals surface area contributed by atoms with E-state index in [4.69, 9.17) is 5.11 Å². The maximum absolute atomic E-state index is 11.8. The van der Waals surface area contributed by atoms with Crippen molar-refractivity contribution in [2.45, 2.75) is 20.3 Å². The second kappa shape index (κ2) is 5.00. The van der Waals surface area contributed by atoms with Gasteiger partial charge < -0.3 is 14.9 Å². The smallest absolute Gasteiger partial charge is 0.323 e. The summed E-state index contributed by atoms with van der Waals surface area (Å²) in [7, 11) is 0. The van der Waals surface area contributed by atoms with Crippen molar-refractivity contribution >= 4 is 12.0 Å². The Morgan fingerprint density at radius 1 is 1.53 bits per heavy atom. The van der Waals surface area contributed by atoms with Crippen molar-refractivity contribution in [1.82, 2.24) is 9.80 Å². The number of carboxylic acids is 1. The Morgan fingerprint density at radius 2 is 2.20 bits per heavy atom. The number of nitrogens with zero attached hydrogens (tertiary/aromatic N) is 2. The van der Waals surface area contributed by atoms with Gasteiger partial charge in [0.25, 0.3) is 0 Å².